The number of aliphatic imine (C=N–C) groups is 1. The van der Waals surface area contributed by atoms with Crippen LogP contribution in [0.3, 0.4) is 0 Å². The minimum absolute atomic E-state index is 0.0513. The van der Waals surface area contributed by atoms with Gasteiger partial charge in [-0.15, -0.1) is 0 Å². The van der Waals surface area contributed by atoms with E-state index in [9.17, 15) is 0 Å². The van der Waals surface area contributed by atoms with E-state index in [4.69, 9.17) is 0 Å². The van der Waals surface area contributed by atoms with Crippen LogP contribution in [-0.4, -0.2) is 16.3 Å². The van der Waals surface area contributed by atoms with E-state index in [-0.39, 0.29) is 16.6 Å². The number of nitrogens with zero attached hydrogens (tertiary/aromatic N) is 3. The van der Waals surface area contributed by atoms with Gasteiger partial charge in [-0.25, -0.2) is 9.13 Å². The fourth-order valence-corrected chi connectivity index (χ4v) is 1.91. The average molecular weight is 264 g/mol. The van der Waals surface area contributed by atoms with E-state index in [0.717, 1.165) is 5.82 Å². The van der Waals surface area contributed by atoms with Gasteiger partial charge in [0.25, 0.3) is 0 Å². The maximum absolute atomic E-state index is 4.68. The largest absolute Gasteiger partial charge is 0.300 e. The molecule has 1 aromatic rings. The molecule has 108 valence electrons. The summed E-state index contributed by atoms with van der Waals surface area (Å²) in [6.45, 7) is 19.7. The zero-order chi connectivity index (χ0) is 15.1. The molecule has 0 amide bonds. The molecule has 0 aliphatic carbocycles. The molecule has 19 heavy (non-hydrogen) atoms. The molecule has 1 heterocycles. The standard InChI is InChI=1S/C16H30N3/c1-14(2,3)17-12-13-18(15(4,5)6)10-11-19(13)16(7,8)9/h10-12H,1-9H3/q+1. The molecule has 0 aliphatic rings. The summed E-state index contributed by atoms with van der Waals surface area (Å²) < 4.78 is 4.57. The third-order valence-electron chi connectivity index (χ3n) is 2.87. The first-order chi connectivity index (χ1) is 8.32. The van der Waals surface area contributed by atoms with Crippen LogP contribution in [0.2, 0.25) is 0 Å². The third kappa shape index (κ3) is 4.19. The van der Waals surface area contributed by atoms with Crippen molar-refractivity contribution in [2.45, 2.75) is 78.9 Å². The molecule has 0 N–H and O–H groups in total. The van der Waals surface area contributed by atoms with Crippen molar-refractivity contribution in [3.8, 4) is 0 Å². The van der Waals surface area contributed by atoms with Crippen LogP contribution in [0.4, 0.5) is 0 Å². The molecular weight excluding hydrogens is 234 g/mol. The summed E-state index contributed by atoms with van der Waals surface area (Å²) in [5.41, 5.74) is 0.0498. The molecule has 0 saturated carbocycles. The molecule has 0 unspecified atom stereocenters. The zero-order valence-electron chi connectivity index (χ0n) is 14.1. The van der Waals surface area contributed by atoms with Crippen molar-refractivity contribution in [1.29, 1.82) is 0 Å². The van der Waals surface area contributed by atoms with Crippen LogP contribution in [0, 0.1) is 0 Å². The summed E-state index contributed by atoms with van der Waals surface area (Å²) in [6, 6.07) is 0. The molecule has 0 aliphatic heterocycles. The van der Waals surface area contributed by atoms with Crippen LogP contribution in [0.1, 0.15) is 68.1 Å². The van der Waals surface area contributed by atoms with Crippen LogP contribution < -0.4 is 4.57 Å². The second kappa shape index (κ2) is 4.77. The molecule has 3 heteroatoms. The summed E-state index contributed by atoms with van der Waals surface area (Å²) in [5.74, 6) is 1.15. The lowest BCUT2D eigenvalue weighted by Crippen LogP contribution is -2.53. The fraction of sp³-hybridized carbons (Fsp3) is 0.750. The highest BCUT2D eigenvalue weighted by molar-refractivity contribution is 5.73. The Bertz CT molecular complexity index is 428. The molecule has 0 atom stereocenters. The van der Waals surface area contributed by atoms with E-state index in [1.54, 1.807) is 0 Å². The van der Waals surface area contributed by atoms with Crippen molar-refractivity contribution in [3.05, 3.63) is 18.2 Å². The van der Waals surface area contributed by atoms with E-state index in [1.807, 2.05) is 6.21 Å². The molecular formula is C16H30N3+. The summed E-state index contributed by atoms with van der Waals surface area (Å²) >= 11 is 0. The normalized spacial score (nSPS) is 14.4. The fourth-order valence-electron chi connectivity index (χ4n) is 1.91. The van der Waals surface area contributed by atoms with Gasteiger partial charge in [0.15, 0.2) is 0 Å². The second-order valence-electron chi connectivity index (χ2n) is 8.17. The van der Waals surface area contributed by atoms with Gasteiger partial charge >= 0.3 is 5.82 Å². The average Bonchev–Trinajstić information content (AvgIpc) is 2.54. The minimum atomic E-state index is -0.0529. The highest BCUT2D eigenvalue weighted by atomic mass is 15.2. The Morgan fingerprint density at radius 2 is 1.53 bits per heavy atom. The number of rotatable bonds is 1. The Morgan fingerprint density at radius 3 is 1.89 bits per heavy atom. The van der Waals surface area contributed by atoms with Crippen LogP contribution in [-0.2, 0) is 11.1 Å². The Labute approximate surface area is 118 Å². The quantitative estimate of drug-likeness (QED) is 0.547. The number of imidazole rings is 1. The van der Waals surface area contributed by atoms with Gasteiger partial charge in [-0.05, 0) is 62.3 Å². The molecule has 0 spiro atoms. The number of hydrogen-bond donors (Lipinski definition) is 0. The maximum atomic E-state index is 4.68. The van der Waals surface area contributed by atoms with Gasteiger partial charge in [0.1, 0.15) is 29.7 Å². The summed E-state index contributed by atoms with van der Waals surface area (Å²) in [7, 11) is 0. The van der Waals surface area contributed by atoms with Crippen molar-refractivity contribution in [1.82, 2.24) is 4.57 Å². The van der Waals surface area contributed by atoms with Gasteiger partial charge in [0.05, 0.1) is 5.54 Å². The van der Waals surface area contributed by atoms with Gasteiger partial charge in [-0.2, -0.15) is 0 Å². The van der Waals surface area contributed by atoms with Crippen molar-refractivity contribution in [2.75, 3.05) is 0 Å². The van der Waals surface area contributed by atoms with Crippen molar-refractivity contribution < 1.29 is 4.57 Å². The summed E-state index contributed by atoms with van der Waals surface area (Å²) in [6.07, 6.45) is 6.31. The van der Waals surface area contributed by atoms with Crippen molar-refractivity contribution in [3.63, 3.8) is 0 Å². The summed E-state index contributed by atoms with van der Waals surface area (Å²) in [5, 5.41) is 0. The molecule has 0 bridgehead atoms. The first-order valence-electron chi connectivity index (χ1n) is 7.01. The molecule has 0 aromatic carbocycles. The first-order valence-corrected chi connectivity index (χ1v) is 7.01. The lowest BCUT2D eigenvalue weighted by Gasteiger charge is -2.20. The Morgan fingerprint density at radius 1 is 1.00 bits per heavy atom. The Hall–Kier alpha value is -1.12. The molecule has 1 rings (SSSR count). The third-order valence-corrected chi connectivity index (χ3v) is 2.87. The predicted molar refractivity (Wildman–Crippen MR) is 82.0 cm³/mol. The minimum Gasteiger partial charge on any atom is -0.279 e. The van der Waals surface area contributed by atoms with E-state index < -0.39 is 0 Å². The van der Waals surface area contributed by atoms with Crippen LogP contribution in [0.5, 0.6) is 0 Å². The molecule has 3 nitrogen and oxygen atoms in total. The zero-order valence-corrected chi connectivity index (χ0v) is 14.1. The SMILES string of the molecule is CC(C)(C)N=Cc1n(C(C)(C)C)cc[n+]1C(C)(C)C. The lowest BCUT2D eigenvalue weighted by atomic mass is 10.1. The monoisotopic (exact) mass is 264 g/mol. The van der Waals surface area contributed by atoms with Crippen LogP contribution in [0.25, 0.3) is 0 Å². The van der Waals surface area contributed by atoms with E-state index in [2.05, 4.69) is 88.8 Å². The van der Waals surface area contributed by atoms with Gasteiger partial charge in [0.2, 0.25) is 0 Å². The maximum Gasteiger partial charge on any atom is 0.300 e. The van der Waals surface area contributed by atoms with Crippen molar-refractivity contribution >= 4 is 6.21 Å². The smallest absolute Gasteiger partial charge is 0.279 e. The van der Waals surface area contributed by atoms with Gasteiger partial charge in [0, 0.05) is 0 Å². The van der Waals surface area contributed by atoms with Crippen molar-refractivity contribution in [2.24, 2.45) is 4.99 Å². The second-order valence-corrected chi connectivity index (χ2v) is 8.17. The van der Waals surface area contributed by atoms with E-state index in [0.29, 0.717) is 0 Å². The molecule has 1 aromatic heterocycles. The number of aromatic nitrogens is 2. The molecule has 0 fully saturated rings. The Kier molecular flexibility index (Phi) is 4.00. The van der Waals surface area contributed by atoms with Crippen LogP contribution >= 0.6 is 0 Å². The molecule has 0 radical (unpaired) electrons. The Balaban J connectivity index is 3.39. The number of hydrogen-bond acceptors (Lipinski definition) is 1. The topological polar surface area (TPSA) is 21.2 Å². The molecule has 0 saturated heterocycles. The highest BCUT2D eigenvalue weighted by Gasteiger charge is 2.31. The summed E-state index contributed by atoms with van der Waals surface area (Å²) in [4.78, 5) is 4.68. The predicted octanol–water partition coefficient (Wildman–Crippen LogP) is 3.50. The first kappa shape index (κ1) is 15.9. The van der Waals surface area contributed by atoms with Gasteiger partial charge < -0.3 is 0 Å². The van der Waals surface area contributed by atoms with E-state index in [1.165, 1.54) is 0 Å². The van der Waals surface area contributed by atoms with Crippen LogP contribution in [0.15, 0.2) is 17.4 Å². The lowest BCUT2D eigenvalue weighted by molar-refractivity contribution is -0.754. The van der Waals surface area contributed by atoms with Gasteiger partial charge in [-0.3, -0.25) is 4.99 Å². The van der Waals surface area contributed by atoms with Gasteiger partial charge in [-0.1, -0.05) is 0 Å². The highest BCUT2D eigenvalue weighted by Crippen LogP contribution is 2.17. The van der Waals surface area contributed by atoms with E-state index >= 15 is 0 Å².